The summed E-state index contributed by atoms with van der Waals surface area (Å²) in [4.78, 5) is 36.2. The van der Waals surface area contributed by atoms with Crippen molar-refractivity contribution in [2.45, 2.75) is 56.4 Å². The average Bonchev–Trinajstić information content (AvgIpc) is 3.04. The third-order valence-electron chi connectivity index (χ3n) is 5.25. The van der Waals surface area contributed by atoms with Gasteiger partial charge in [-0.1, -0.05) is 43.0 Å². The van der Waals surface area contributed by atoms with Crippen LogP contribution in [-0.4, -0.2) is 30.6 Å². The number of benzene rings is 1. The SMILES string of the molecule is O=C(COC(=O)C1(c2cccc(Cl)c2)CCC1)NC(=O)NC1CCCC1. The Hall–Kier alpha value is -2.08. The Labute approximate surface area is 157 Å². The molecule has 0 aliphatic heterocycles. The number of imide groups is 1. The first-order chi connectivity index (χ1) is 12.5. The van der Waals surface area contributed by atoms with E-state index in [-0.39, 0.29) is 6.04 Å². The highest BCUT2D eigenvalue weighted by Crippen LogP contribution is 2.45. The van der Waals surface area contributed by atoms with Crippen molar-refractivity contribution in [1.29, 1.82) is 0 Å². The predicted octanol–water partition coefficient (Wildman–Crippen LogP) is 3.07. The number of amides is 3. The molecule has 26 heavy (non-hydrogen) atoms. The van der Waals surface area contributed by atoms with E-state index in [4.69, 9.17) is 16.3 Å². The highest BCUT2D eigenvalue weighted by molar-refractivity contribution is 6.30. The van der Waals surface area contributed by atoms with Gasteiger partial charge in [0.1, 0.15) is 0 Å². The Bertz CT molecular complexity index is 697. The summed E-state index contributed by atoms with van der Waals surface area (Å²) in [6, 6.07) is 6.74. The average molecular weight is 379 g/mol. The minimum Gasteiger partial charge on any atom is -0.455 e. The van der Waals surface area contributed by atoms with Crippen LogP contribution in [0.15, 0.2) is 24.3 Å². The lowest BCUT2D eigenvalue weighted by molar-refractivity contribution is -0.157. The number of esters is 1. The summed E-state index contributed by atoms with van der Waals surface area (Å²) in [5.41, 5.74) is 0.0673. The number of ether oxygens (including phenoxy) is 1. The van der Waals surface area contributed by atoms with Gasteiger partial charge in [-0.3, -0.25) is 14.9 Å². The van der Waals surface area contributed by atoms with Gasteiger partial charge in [-0.2, -0.15) is 0 Å². The molecule has 2 aliphatic rings. The van der Waals surface area contributed by atoms with Crippen LogP contribution in [0.3, 0.4) is 0 Å². The van der Waals surface area contributed by atoms with Gasteiger partial charge >= 0.3 is 12.0 Å². The number of rotatable bonds is 5. The van der Waals surface area contributed by atoms with Crippen LogP contribution in [0.5, 0.6) is 0 Å². The Morgan fingerprint density at radius 2 is 1.88 bits per heavy atom. The summed E-state index contributed by atoms with van der Waals surface area (Å²) < 4.78 is 5.20. The Kier molecular flexibility index (Phi) is 5.81. The minimum absolute atomic E-state index is 0.117. The standard InChI is InChI=1S/C19H23ClN2O4/c20-14-6-3-5-13(11-14)19(9-4-10-19)17(24)26-12-16(23)22-18(25)21-15-7-1-2-8-15/h3,5-6,11,15H,1-2,4,7-10,12H2,(H2,21,22,23,25). The third-order valence-corrected chi connectivity index (χ3v) is 5.49. The van der Waals surface area contributed by atoms with Crippen LogP contribution in [0.1, 0.15) is 50.5 Å². The van der Waals surface area contributed by atoms with E-state index in [0.717, 1.165) is 37.7 Å². The summed E-state index contributed by atoms with van der Waals surface area (Å²) in [5.74, 6) is -1.08. The number of carbonyl (C=O) groups is 3. The van der Waals surface area contributed by atoms with Gasteiger partial charge in [-0.25, -0.2) is 4.79 Å². The van der Waals surface area contributed by atoms with Crippen LogP contribution in [-0.2, 0) is 19.7 Å². The molecule has 1 aromatic rings. The van der Waals surface area contributed by atoms with E-state index in [0.29, 0.717) is 17.9 Å². The molecule has 0 aromatic heterocycles. The maximum Gasteiger partial charge on any atom is 0.321 e. The molecule has 0 atom stereocenters. The lowest BCUT2D eigenvalue weighted by Crippen LogP contribution is -2.47. The van der Waals surface area contributed by atoms with Gasteiger partial charge in [0.2, 0.25) is 0 Å². The molecule has 0 radical (unpaired) electrons. The van der Waals surface area contributed by atoms with Crippen LogP contribution >= 0.6 is 11.6 Å². The molecule has 7 heteroatoms. The first-order valence-electron chi connectivity index (χ1n) is 9.03. The molecule has 0 bridgehead atoms. The van der Waals surface area contributed by atoms with Gasteiger partial charge in [0.05, 0.1) is 5.41 Å². The second-order valence-corrected chi connectivity index (χ2v) is 7.46. The molecule has 2 fully saturated rings. The third kappa shape index (κ3) is 4.18. The van der Waals surface area contributed by atoms with Gasteiger partial charge in [0, 0.05) is 11.1 Å². The van der Waals surface area contributed by atoms with Gasteiger partial charge in [-0.15, -0.1) is 0 Å². The first-order valence-corrected chi connectivity index (χ1v) is 9.41. The largest absolute Gasteiger partial charge is 0.455 e. The number of halogens is 1. The highest BCUT2D eigenvalue weighted by Gasteiger charge is 2.47. The number of hydrogen-bond donors (Lipinski definition) is 2. The van der Waals surface area contributed by atoms with Gasteiger partial charge in [0.25, 0.3) is 5.91 Å². The van der Waals surface area contributed by atoms with E-state index >= 15 is 0 Å². The van der Waals surface area contributed by atoms with Crippen molar-refractivity contribution >= 4 is 29.5 Å². The van der Waals surface area contributed by atoms with Crippen molar-refractivity contribution in [1.82, 2.24) is 10.6 Å². The van der Waals surface area contributed by atoms with Gasteiger partial charge in [-0.05, 0) is 43.4 Å². The maximum atomic E-state index is 12.6. The zero-order valence-corrected chi connectivity index (χ0v) is 15.3. The van der Waals surface area contributed by atoms with Crippen molar-refractivity contribution in [3.8, 4) is 0 Å². The number of hydrogen-bond acceptors (Lipinski definition) is 4. The zero-order chi connectivity index (χ0) is 18.6. The Balaban J connectivity index is 1.51. The highest BCUT2D eigenvalue weighted by atomic mass is 35.5. The number of urea groups is 1. The quantitative estimate of drug-likeness (QED) is 0.771. The van der Waals surface area contributed by atoms with E-state index < -0.39 is 29.9 Å². The molecule has 3 amide bonds. The minimum atomic E-state index is -0.739. The molecule has 3 rings (SSSR count). The summed E-state index contributed by atoms with van der Waals surface area (Å²) >= 11 is 6.03. The monoisotopic (exact) mass is 378 g/mol. The fraction of sp³-hybridized carbons (Fsp3) is 0.526. The molecule has 140 valence electrons. The van der Waals surface area contributed by atoms with Gasteiger partial charge in [0.15, 0.2) is 6.61 Å². The summed E-state index contributed by atoms with van der Waals surface area (Å²) in [7, 11) is 0. The lowest BCUT2D eigenvalue weighted by Gasteiger charge is -2.39. The Morgan fingerprint density at radius 3 is 2.50 bits per heavy atom. The topological polar surface area (TPSA) is 84.5 Å². The molecule has 2 saturated carbocycles. The molecule has 2 N–H and O–H groups in total. The van der Waals surface area contributed by atoms with Crippen molar-refractivity contribution in [2.75, 3.05) is 6.61 Å². The van der Waals surface area contributed by atoms with Crippen LogP contribution in [0.2, 0.25) is 5.02 Å². The fourth-order valence-corrected chi connectivity index (χ4v) is 3.84. The van der Waals surface area contributed by atoms with Crippen molar-refractivity contribution in [3.05, 3.63) is 34.9 Å². The van der Waals surface area contributed by atoms with Crippen LogP contribution < -0.4 is 10.6 Å². The van der Waals surface area contributed by atoms with Crippen LogP contribution in [0.25, 0.3) is 0 Å². The first kappa shape index (κ1) is 18.7. The lowest BCUT2D eigenvalue weighted by atomic mass is 9.64. The Morgan fingerprint density at radius 1 is 1.15 bits per heavy atom. The number of carbonyl (C=O) groups excluding carboxylic acids is 3. The molecule has 0 heterocycles. The summed E-state index contributed by atoms with van der Waals surface area (Å²) in [6.45, 7) is -0.473. The molecule has 6 nitrogen and oxygen atoms in total. The van der Waals surface area contributed by atoms with E-state index in [2.05, 4.69) is 10.6 Å². The normalized spacial score (nSPS) is 18.7. The fourth-order valence-electron chi connectivity index (χ4n) is 3.65. The molecule has 0 spiro atoms. The second-order valence-electron chi connectivity index (χ2n) is 7.03. The van der Waals surface area contributed by atoms with Crippen molar-refractivity contribution in [3.63, 3.8) is 0 Å². The molecule has 2 aliphatic carbocycles. The zero-order valence-electron chi connectivity index (χ0n) is 14.6. The number of nitrogens with one attached hydrogen (secondary N) is 2. The van der Waals surface area contributed by atoms with E-state index in [9.17, 15) is 14.4 Å². The second kappa shape index (κ2) is 8.08. The van der Waals surface area contributed by atoms with E-state index in [1.807, 2.05) is 6.07 Å². The van der Waals surface area contributed by atoms with Crippen molar-refractivity contribution in [2.24, 2.45) is 0 Å². The summed E-state index contributed by atoms with van der Waals surface area (Å²) in [5, 5.41) is 5.53. The predicted molar refractivity (Wildman–Crippen MR) is 96.9 cm³/mol. The maximum absolute atomic E-state index is 12.6. The van der Waals surface area contributed by atoms with Crippen LogP contribution in [0.4, 0.5) is 4.79 Å². The molecular weight excluding hydrogens is 356 g/mol. The van der Waals surface area contributed by atoms with E-state index in [1.54, 1.807) is 18.2 Å². The van der Waals surface area contributed by atoms with Crippen LogP contribution in [0, 0.1) is 0 Å². The molecule has 0 saturated heterocycles. The van der Waals surface area contributed by atoms with Crippen molar-refractivity contribution < 1.29 is 19.1 Å². The van der Waals surface area contributed by atoms with E-state index in [1.165, 1.54) is 0 Å². The molecule has 1 aromatic carbocycles. The smallest absolute Gasteiger partial charge is 0.321 e. The summed E-state index contributed by atoms with van der Waals surface area (Å²) in [6.07, 6.45) is 6.27. The van der Waals surface area contributed by atoms with Gasteiger partial charge < -0.3 is 10.1 Å². The molecular formula is C19H23ClN2O4. The molecule has 0 unspecified atom stereocenters.